The summed E-state index contributed by atoms with van der Waals surface area (Å²) in [7, 11) is 0. The topological polar surface area (TPSA) is 87.9 Å². The highest BCUT2D eigenvalue weighted by molar-refractivity contribution is 5.84. The Morgan fingerprint density at radius 2 is 2.19 bits per heavy atom. The second-order valence-corrected chi connectivity index (χ2v) is 4.65. The van der Waals surface area contributed by atoms with Gasteiger partial charge >= 0.3 is 11.9 Å². The molecule has 0 bridgehead atoms. The minimum absolute atomic E-state index is 0.0400. The number of hydrogen-bond acceptors (Lipinski definition) is 6. The Hall–Kier alpha value is -2.18. The smallest absolute Gasteiger partial charge is 0.318 e. The van der Waals surface area contributed by atoms with Crippen LogP contribution >= 0.6 is 0 Å². The van der Waals surface area contributed by atoms with Gasteiger partial charge in [-0.2, -0.15) is 0 Å². The minimum Gasteiger partial charge on any atom is -0.461 e. The van der Waals surface area contributed by atoms with Gasteiger partial charge in [0.2, 0.25) is 0 Å². The molecule has 2 rings (SSSR count). The first-order chi connectivity index (χ1) is 10.0. The molecule has 1 saturated heterocycles. The van der Waals surface area contributed by atoms with Crippen molar-refractivity contribution in [2.45, 2.75) is 18.9 Å². The Labute approximate surface area is 122 Å². The Kier molecular flexibility index (Phi) is 4.72. The molecule has 1 aliphatic rings. The third kappa shape index (κ3) is 3.68. The largest absolute Gasteiger partial charge is 0.461 e. The van der Waals surface area contributed by atoms with Gasteiger partial charge in [0.25, 0.3) is 5.91 Å². The van der Waals surface area contributed by atoms with Crippen molar-refractivity contribution in [1.82, 2.24) is 0 Å². The number of nitrogens with two attached hydrogens (primary N) is 1. The summed E-state index contributed by atoms with van der Waals surface area (Å²) in [5, 5.41) is 0. The zero-order valence-corrected chi connectivity index (χ0v) is 11.5. The van der Waals surface area contributed by atoms with E-state index < -0.39 is 23.8 Å². The molecule has 1 heterocycles. The zero-order valence-electron chi connectivity index (χ0n) is 11.5. The van der Waals surface area contributed by atoms with Gasteiger partial charge in [-0.25, -0.2) is 0 Å². The predicted molar refractivity (Wildman–Crippen MR) is 73.5 cm³/mol. The van der Waals surface area contributed by atoms with Crippen LogP contribution in [0.1, 0.15) is 12.0 Å². The summed E-state index contributed by atoms with van der Waals surface area (Å²) in [6, 6.07) is 9.24. The van der Waals surface area contributed by atoms with E-state index in [4.69, 9.17) is 19.9 Å². The maximum absolute atomic E-state index is 11.9. The number of carbonyl (C=O) groups is 2. The van der Waals surface area contributed by atoms with Crippen molar-refractivity contribution in [2.75, 3.05) is 6.61 Å². The van der Waals surface area contributed by atoms with Crippen molar-refractivity contribution in [1.29, 1.82) is 0 Å². The maximum Gasteiger partial charge on any atom is 0.318 e. The molecule has 1 fully saturated rings. The van der Waals surface area contributed by atoms with Crippen molar-refractivity contribution >= 4 is 11.9 Å². The van der Waals surface area contributed by atoms with Crippen molar-refractivity contribution in [3.05, 3.63) is 48.6 Å². The molecule has 2 unspecified atom stereocenters. The lowest BCUT2D eigenvalue weighted by Crippen LogP contribution is -2.51. The Bertz CT molecular complexity index is 530. The lowest BCUT2D eigenvalue weighted by Gasteiger charge is -2.27. The highest BCUT2D eigenvalue weighted by Crippen LogP contribution is 2.31. The predicted octanol–water partition coefficient (Wildman–Crippen LogP) is 1.11. The fourth-order valence-corrected chi connectivity index (χ4v) is 1.99. The van der Waals surface area contributed by atoms with E-state index in [9.17, 15) is 9.59 Å². The summed E-state index contributed by atoms with van der Waals surface area (Å²) in [6.07, 6.45) is 1.26. The average molecular weight is 291 g/mol. The lowest BCUT2D eigenvalue weighted by molar-refractivity contribution is -0.234. The quantitative estimate of drug-likeness (QED) is 0.480. The van der Waals surface area contributed by atoms with Crippen LogP contribution in [0, 0.1) is 5.92 Å². The van der Waals surface area contributed by atoms with Crippen molar-refractivity contribution in [3.63, 3.8) is 0 Å². The summed E-state index contributed by atoms with van der Waals surface area (Å²) < 4.78 is 15.4. The van der Waals surface area contributed by atoms with Crippen LogP contribution in [0.5, 0.6) is 0 Å². The highest BCUT2D eigenvalue weighted by atomic mass is 16.7. The number of cyclic esters (lactones) is 1. The monoisotopic (exact) mass is 291 g/mol. The van der Waals surface area contributed by atoms with Gasteiger partial charge in [-0.1, -0.05) is 43.0 Å². The molecule has 0 spiro atoms. The molecule has 2 N–H and O–H groups in total. The first kappa shape index (κ1) is 15.2. The first-order valence-electron chi connectivity index (χ1n) is 6.51. The molecule has 0 amide bonds. The number of benzene rings is 1. The molecule has 6 heteroatoms. The fraction of sp³-hybridized carbons (Fsp3) is 0.333. The van der Waals surface area contributed by atoms with E-state index in [1.165, 1.54) is 6.08 Å². The summed E-state index contributed by atoms with van der Waals surface area (Å²) in [5.74, 6) is -4.03. The molecular weight excluding hydrogens is 274 g/mol. The summed E-state index contributed by atoms with van der Waals surface area (Å²) in [6.45, 7) is 3.61. The average Bonchev–Trinajstić information content (AvgIpc) is 2.79. The van der Waals surface area contributed by atoms with Crippen molar-refractivity contribution in [2.24, 2.45) is 11.7 Å². The Morgan fingerprint density at radius 3 is 2.86 bits per heavy atom. The van der Waals surface area contributed by atoms with Gasteiger partial charge in [-0.05, 0) is 5.56 Å². The second-order valence-electron chi connectivity index (χ2n) is 4.65. The Morgan fingerprint density at radius 1 is 1.48 bits per heavy atom. The van der Waals surface area contributed by atoms with Crippen LogP contribution in [0.2, 0.25) is 0 Å². The van der Waals surface area contributed by atoms with Gasteiger partial charge in [0.05, 0.1) is 13.0 Å². The van der Waals surface area contributed by atoms with Crippen molar-refractivity contribution in [3.8, 4) is 0 Å². The molecule has 0 aromatic heterocycles. The van der Waals surface area contributed by atoms with Crippen LogP contribution < -0.4 is 5.73 Å². The van der Waals surface area contributed by atoms with Crippen LogP contribution in [0.3, 0.4) is 0 Å². The third-order valence-corrected chi connectivity index (χ3v) is 3.07. The van der Waals surface area contributed by atoms with Crippen LogP contribution in [-0.4, -0.2) is 24.5 Å². The van der Waals surface area contributed by atoms with Gasteiger partial charge in [0.1, 0.15) is 12.5 Å². The maximum atomic E-state index is 11.9. The molecule has 1 aromatic rings. The molecule has 1 aromatic carbocycles. The van der Waals surface area contributed by atoms with Gasteiger partial charge in [0.15, 0.2) is 0 Å². The summed E-state index contributed by atoms with van der Waals surface area (Å²) in [5.41, 5.74) is 6.77. The molecule has 0 saturated carbocycles. The van der Waals surface area contributed by atoms with E-state index in [1.54, 1.807) is 0 Å². The molecule has 0 radical (unpaired) electrons. The minimum atomic E-state index is -1.80. The van der Waals surface area contributed by atoms with E-state index in [-0.39, 0.29) is 19.6 Å². The number of hydrogen-bond donors (Lipinski definition) is 1. The van der Waals surface area contributed by atoms with E-state index in [0.29, 0.717) is 0 Å². The Balaban J connectivity index is 2.04. The number of ether oxygens (including phenoxy) is 3. The molecule has 112 valence electrons. The summed E-state index contributed by atoms with van der Waals surface area (Å²) in [4.78, 5) is 23.4. The molecule has 1 aliphatic heterocycles. The van der Waals surface area contributed by atoms with Crippen LogP contribution in [0.15, 0.2) is 43.0 Å². The highest BCUT2D eigenvalue weighted by Gasteiger charge is 2.53. The van der Waals surface area contributed by atoms with Crippen LogP contribution in [-0.2, 0) is 30.4 Å². The van der Waals surface area contributed by atoms with Crippen molar-refractivity contribution < 1.29 is 23.8 Å². The van der Waals surface area contributed by atoms with Crippen LogP contribution in [0.25, 0.3) is 0 Å². The van der Waals surface area contributed by atoms with Gasteiger partial charge in [0, 0.05) is 0 Å². The third-order valence-electron chi connectivity index (χ3n) is 3.07. The van der Waals surface area contributed by atoms with E-state index in [0.717, 1.165) is 5.56 Å². The molecule has 2 atom stereocenters. The summed E-state index contributed by atoms with van der Waals surface area (Å²) >= 11 is 0. The standard InChI is InChI=1S/C15H17NO5/c1-2-8-19-14(18)12-9-13(17)21-15(12,16)20-10-11-6-4-3-5-7-11/h2-7,12H,1,8-10,16H2. The van der Waals surface area contributed by atoms with Crippen LogP contribution in [0.4, 0.5) is 0 Å². The number of esters is 2. The van der Waals surface area contributed by atoms with E-state index in [2.05, 4.69) is 6.58 Å². The molecular formula is C15H17NO5. The van der Waals surface area contributed by atoms with Gasteiger partial charge < -0.3 is 14.2 Å². The molecule has 6 nitrogen and oxygen atoms in total. The molecule has 0 aliphatic carbocycles. The normalized spacial score (nSPS) is 24.4. The van der Waals surface area contributed by atoms with Gasteiger partial charge in [-0.3, -0.25) is 15.3 Å². The fourth-order valence-electron chi connectivity index (χ4n) is 1.99. The van der Waals surface area contributed by atoms with Gasteiger partial charge in [-0.15, -0.1) is 0 Å². The first-order valence-corrected chi connectivity index (χ1v) is 6.51. The number of rotatable bonds is 6. The van der Waals surface area contributed by atoms with E-state index in [1.807, 2.05) is 30.3 Å². The SMILES string of the molecule is C=CCOC(=O)C1CC(=O)OC1(N)OCc1ccccc1. The van der Waals surface area contributed by atoms with E-state index >= 15 is 0 Å². The second kappa shape index (κ2) is 6.51. The number of carbonyl (C=O) groups excluding carboxylic acids is 2. The zero-order chi connectivity index (χ0) is 15.3. The molecule has 21 heavy (non-hydrogen) atoms. The lowest BCUT2D eigenvalue weighted by atomic mass is 10.0.